The number of hydrogen-bond acceptors (Lipinski definition) is 2. The molecule has 0 aliphatic rings. The van der Waals surface area contributed by atoms with E-state index < -0.39 is 0 Å². The molecule has 0 amide bonds. The predicted molar refractivity (Wildman–Crippen MR) is 83.0 cm³/mol. The molecule has 1 aromatic heterocycles. The highest BCUT2D eigenvalue weighted by atomic mass is 127. The molecule has 1 atom stereocenters. The SMILES string of the molecule is CCNC(CC)c1ccc(-n2cc(I)cn2)cc1. The van der Waals surface area contributed by atoms with E-state index in [1.165, 1.54) is 5.56 Å². The fraction of sp³-hybridized carbons (Fsp3) is 0.357. The average Bonchev–Trinajstić information content (AvgIpc) is 2.83. The Labute approximate surface area is 122 Å². The van der Waals surface area contributed by atoms with Gasteiger partial charge in [-0.05, 0) is 53.3 Å². The summed E-state index contributed by atoms with van der Waals surface area (Å²) in [6, 6.07) is 9.06. The molecule has 0 radical (unpaired) electrons. The lowest BCUT2D eigenvalue weighted by Gasteiger charge is -2.16. The minimum Gasteiger partial charge on any atom is -0.310 e. The van der Waals surface area contributed by atoms with Crippen LogP contribution in [0, 0.1) is 3.57 Å². The van der Waals surface area contributed by atoms with E-state index in [9.17, 15) is 0 Å². The minimum atomic E-state index is 0.446. The van der Waals surface area contributed by atoms with Crippen LogP contribution in [-0.4, -0.2) is 16.3 Å². The van der Waals surface area contributed by atoms with Gasteiger partial charge >= 0.3 is 0 Å². The van der Waals surface area contributed by atoms with Gasteiger partial charge in [0, 0.05) is 12.2 Å². The molecule has 0 bridgehead atoms. The van der Waals surface area contributed by atoms with Crippen molar-refractivity contribution in [2.24, 2.45) is 0 Å². The van der Waals surface area contributed by atoms with E-state index >= 15 is 0 Å². The molecule has 96 valence electrons. The molecule has 0 aliphatic heterocycles. The maximum Gasteiger partial charge on any atom is 0.0646 e. The van der Waals surface area contributed by atoms with Crippen molar-refractivity contribution in [3.63, 3.8) is 0 Å². The van der Waals surface area contributed by atoms with E-state index in [4.69, 9.17) is 0 Å². The molecular formula is C14H18IN3. The van der Waals surface area contributed by atoms with E-state index in [-0.39, 0.29) is 0 Å². The van der Waals surface area contributed by atoms with Crippen LogP contribution in [0.5, 0.6) is 0 Å². The zero-order valence-electron chi connectivity index (χ0n) is 10.7. The van der Waals surface area contributed by atoms with Gasteiger partial charge in [-0.2, -0.15) is 5.10 Å². The van der Waals surface area contributed by atoms with E-state index in [1.54, 1.807) is 0 Å². The average molecular weight is 355 g/mol. The third-order valence-electron chi connectivity index (χ3n) is 2.97. The molecule has 1 aromatic carbocycles. The number of rotatable bonds is 5. The van der Waals surface area contributed by atoms with Crippen molar-refractivity contribution in [1.82, 2.24) is 15.1 Å². The number of hydrogen-bond donors (Lipinski definition) is 1. The first-order valence-electron chi connectivity index (χ1n) is 6.28. The summed E-state index contributed by atoms with van der Waals surface area (Å²) < 4.78 is 3.05. The summed E-state index contributed by atoms with van der Waals surface area (Å²) >= 11 is 2.27. The van der Waals surface area contributed by atoms with Crippen molar-refractivity contribution in [3.8, 4) is 5.69 Å². The van der Waals surface area contributed by atoms with E-state index in [0.29, 0.717) is 6.04 Å². The highest BCUT2D eigenvalue weighted by Crippen LogP contribution is 2.18. The highest BCUT2D eigenvalue weighted by molar-refractivity contribution is 14.1. The zero-order valence-corrected chi connectivity index (χ0v) is 12.9. The van der Waals surface area contributed by atoms with Crippen molar-refractivity contribution in [2.45, 2.75) is 26.3 Å². The molecule has 0 saturated carbocycles. The Morgan fingerprint density at radius 1 is 1.28 bits per heavy atom. The first-order valence-corrected chi connectivity index (χ1v) is 7.36. The van der Waals surface area contributed by atoms with Crippen molar-refractivity contribution < 1.29 is 0 Å². The van der Waals surface area contributed by atoms with Crippen molar-refractivity contribution >= 4 is 22.6 Å². The monoisotopic (exact) mass is 355 g/mol. The van der Waals surface area contributed by atoms with Crippen LogP contribution in [0.15, 0.2) is 36.7 Å². The molecule has 2 aromatic rings. The lowest BCUT2D eigenvalue weighted by atomic mass is 10.0. The Hall–Kier alpha value is -0.880. The topological polar surface area (TPSA) is 29.9 Å². The molecule has 1 heterocycles. The number of nitrogens with one attached hydrogen (secondary N) is 1. The second kappa shape index (κ2) is 6.33. The van der Waals surface area contributed by atoms with Crippen LogP contribution >= 0.6 is 22.6 Å². The molecule has 2 rings (SSSR count). The van der Waals surface area contributed by atoms with Gasteiger partial charge in [-0.25, -0.2) is 4.68 Å². The number of aromatic nitrogens is 2. The first kappa shape index (κ1) is 13.5. The molecule has 0 spiro atoms. The smallest absolute Gasteiger partial charge is 0.0646 e. The molecule has 0 saturated heterocycles. The summed E-state index contributed by atoms with van der Waals surface area (Å²) in [5.41, 5.74) is 2.44. The molecule has 3 nitrogen and oxygen atoms in total. The second-order valence-electron chi connectivity index (χ2n) is 4.21. The fourth-order valence-electron chi connectivity index (χ4n) is 2.05. The summed E-state index contributed by atoms with van der Waals surface area (Å²) in [5.74, 6) is 0. The van der Waals surface area contributed by atoms with Crippen LogP contribution in [0.25, 0.3) is 5.69 Å². The lowest BCUT2D eigenvalue weighted by Crippen LogP contribution is -2.19. The predicted octanol–water partition coefficient (Wildman–Crippen LogP) is 3.54. The minimum absolute atomic E-state index is 0.446. The fourth-order valence-corrected chi connectivity index (χ4v) is 2.43. The van der Waals surface area contributed by atoms with Gasteiger partial charge in [0.25, 0.3) is 0 Å². The zero-order chi connectivity index (χ0) is 13.0. The van der Waals surface area contributed by atoms with Crippen molar-refractivity contribution in [2.75, 3.05) is 6.54 Å². The number of nitrogens with zero attached hydrogens (tertiary/aromatic N) is 2. The first-order chi connectivity index (χ1) is 8.74. The molecule has 4 heteroatoms. The third kappa shape index (κ3) is 3.11. The maximum absolute atomic E-state index is 4.31. The van der Waals surface area contributed by atoms with Gasteiger partial charge in [0.05, 0.1) is 15.5 Å². The van der Waals surface area contributed by atoms with Gasteiger partial charge in [0.15, 0.2) is 0 Å². The van der Waals surface area contributed by atoms with Gasteiger partial charge < -0.3 is 5.32 Å². The summed E-state index contributed by atoms with van der Waals surface area (Å²) in [7, 11) is 0. The van der Waals surface area contributed by atoms with Crippen LogP contribution < -0.4 is 5.32 Å². The highest BCUT2D eigenvalue weighted by Gasteiger charge is 2.07. The Morgan fingerprint density at radius 3 is 2.50 bits per heavy atom. The van der Waals surface area contributed by atoms with Gasteiger partial charge in [-0.3, -0.25) is 0 Å². The van der Waals surface area contributed by atoms with E-state index in [1.807, 2.05) is 17.1 Å². The molecule has 1 N–H and O–H groups in total. The van der Waals surface area contributed by atoms with Crippen LogP contribution in [-0.2, 0) is 0 Å². The van der Waals surface area contributed by atoms with Crippen molar-refractivity contribution in [3.05, 3.63) is 45.8 Å². The standard InChI is InChI=1S/C14H18IN3/c1-3-14(16-4-2)11-5-7-13(8-6-11)18-10-12(15)9-17-18/h5-10,14,16H,3-4H2,1-2H3. The molecule has 18 heavy (non-hydrogen) atoms. The Kier molecular flexibility index (Phi) is 4.77. The lowest BCUT2D eigenvalue weighted by molar-refractivity contribution is 0.537. The summed E-state index contributed by atoms with van der Waals surface area (Å²) in [4.78, 5) is 0. The van der Waals surface area contributed by atoms with Gasteiger partial charge in [-0.15, -0.1) is 0 Å². The quantitative estimate of drug-likeness (QED) is 0.832. The van der Waals surface area contributed by atoms with Gasteiger partial charge in [0.2, 0.25) is 0 Å². The normalized spacial score (nSPS) is 12.6. The van der Waals surface area contributed by atoms with E-state index in [0.717, 1.165) is 22.2 Å². The van der Waals surface area contributed by atoms with Crippen molar-refractivity contribution in [1.29, 1.82) is 0 Å². The largest absolute Gasteiger partial charge is 0.310 e. The molecule has 1 unspecified atom stereocenters. The molecular weight excluding hydrogens is 337 g/mol. The Bertz CT molecular complexity index is 490. The summed E-state index contributed by atoms with van der Waals surface area (Å²) in [6.07, 6.45) is 4.99. The van der Waals surface area contributed by atoms with Gasteiger partial charge in [0.1, 0.15) is 0 Å². The van der Waals surface area contributed by atoms with Gasteiger partial charge in [-0.1, -0.05) is 26.0 Å². The number of benzene rings is 1. The summed E-state index contributed by atoms with van der Waals surface area (Å²) in [5, 5.41) is 7.80. The number of halogens is 1. The Morgan fingerprint density at radius 2 is 2.00 bits per heavy atom. The van der Waals surface area contributed by atoms with E-state index in [2.05, 4.69) is 71.1 Å². The van der Waals surface area contributed by atoms with Crippen LogP contribution in [0.1, 0.15) is 31.9 Å². The molecule has 0 aliphatic carbocycles. The third-order valence-corrected chi connectivity index (χ3v) is 3.53. The van der Waals surface area contributed by atoms with Crippen LogP contribution in [0.3, 0.4) is 0 Å². The Balaban J connectivity index is 2.19. The van der Waals surface area contributed by atoms with Crippen LogP contribution in [0.4, 0.5) is 0 Å². The molecule has 0 fully saturated rings. The second-order valence-corrected chi connectivity index (χ2v) is 5.46. The summed E-state index contributed by atoms with van der Waals surface area (Å²) in [6.45, 7) is 5.34. The van der Waals surface area contributed by atoms with Crippen LogP contribution in [0.2, 0.25) is 0 Å². The maximum atomic E-state index is 4.31.